The van der Waals surface area contributed by atoms with Crippen LogP contribution in [0.1, 0.15) is 27.7 Å². The van der Waals surface area contributed by atoms with Crippen molar-refractivity contribution < 1.29 is 9.59 Å². The number of amides is 2. The number of anilines is 1. The van der Waals surface area contributed by atoms with Crippen LogP contribution in [0.2, 0.25) is 0 Å². The summed E-state index contributed by atoms with van der Waals surface area (Å²) < 4.78 is 2.91. The Morgan fingerprint density at radius 3 is 2.65 bits per heavy atom. The SMILES string of the molecule is C=CCn1c(=NC(=O)C(C)(C)C)sc2cc(NC(C)=O)ccc21. The number of rotatable bonds is 3. The van der Waals surface area contributed by atoms with Gasteiger partial charge in [0.25, 0.3) is 5.91 Å². The van der Waals surface area contributed by atoms with Gasteiger partial charge in [0.05, 0.1) is 10.2 Å². The Bertz CT molecular complexity index is 838. The monoisotopic (exact) mass is 331 g/mol. The molecular formula is C17H21N3O2S. The molecule has 0 unspecified atom stereocenters. The van der Waals surface area contributed by atoms with Gasteiger partial charge in [0.2, 0.25) is 5.91 Å². The minimum absolute atomic E-state index is 0.118. The van der Waals surface area contributed by atoms with Crippen molar-refractivity contribution >= 4 is 39.1 Å². The number of hydrogen-bond donors (Lipinski definition) is 1. The predicted octanol–water partition coefficient (Wildman–Crippen LogP) is 3.32. The van der Waals surface area contributed by atoms with Crippen LogP contribution < -0.4 is 10.1 Å². The topological polar surface area (TPSA) is 63.5 Å². The molecule has 0 aliphatic rings. The Morgan fingerprint density at radius 1 is 1.39 bits per heavy atom. The van der Waals surface area contributed by atoms with Crippen molar-refractivity contribution in [2.75, 3.05) is 5.32 Å². The molecule has 0 saturated heterocycles. The molecule has 2 rings (SSSR count). The number of aromatic nitrogens is 1. The lowest BCUT2D eigenvalue weighted by molar-refractivity contribution is -0.125. The molecule has 0 fully saturated rings. The Kier molecular flexibility index (Phi) is 4.85. The summed E-state index contributed by atoms with van der Waals surface area (Å²) in [6, 6.07) is 5.65. The van der Waals surface area contributed by atoms with Crippen LogP contribution in [0.25, 0.3) is 10.2 Å². The molecule has 1 heterocycles. The normalized spacial score (nSPS) is 12.4. The number of allylic oxidation sites excluding steroid dienone is 1. The molecule has 1 aromatic carbocycles. The molecule has 122 valence electrons. The summed E-state index contributed by atoms with van der Waals surface area (Å²) >= 11 is 1.43. The van der Waals surface area contributed by atoms with Crippen LogP contribution in [-0.2, 0) is 16.1 Å². The molecule has 23 heavy (non-hydrogen) atoms. The average molecular weight is 331 g/mol. The van der Waals surface area contributed by atoms with E-state index in [0.717, 1.165) is 15.9 Å². The fourth-order valence-electron chi connectivity index (χ4n) is 2.00. The van der Waals surface area contributed by atoms with Gasteiger partial charge < -0.3 is 9.88 Å². The Labute approximate surface area is 139 Å². The van der Waals surface area contributed by atoms with Gasteiger partial charge in [-0.15, -0.1) is 6.58 Å². The molecule has 0 aliphatic heterocycles. The van der Waals surface area contributed by atoms with E-state index in [-0.39, 0.29) is 11.8 Å². The highest BCUT2D eigenvalue weighted by Crippen LogP contribution is 2.23. The first-order chi connectivity index (χ1) is 10.7. The van der Waals surface area contributed by atoms with Crippen LogP contribution in [0.15, 0.2) is 35.8 Å². The van der Waals surface area contributed by atoms with Crippen molar-refractivity contribution in [2.45, 2.75) is 34.2 Å². The smallest absolute Gasteiger partial charge is 0.253 e. The number of nitrogens with zero attached hydrogens (tertiary/aromatic N) is 2. The largest absolute Gasteiger partial charge is 0.326 e. The molecule has 0 radical (unpaired) electrons. The molecule has 5 nitrogen and oxygen atoms in total. The third-order valence-electron chi connectivity index (χ3n) is 3.15. The maximum Gasteiger partial charge on any atom is 0.253 e. The van der Waals surface area contributed by atoms with Crippen LogP contribution in [0.4, 0.5) is 5.69 Å². The van der Waals surface area contributed by atoms with Crippen LogP contribution in [0.3, 0.4) is 0 Å². The molecule has 0 saturated carbocycles. The van der Waals surface area contributed by atoms with Gasteiger partial charge in [-0.3, -0.25) is 9.59 Å². The standard InChI is InChI=1S/C17H21N3O2S/c1-6-9-20-13-8-7-12(18-11(2)21)10-14(13)23-16(20)19-15(22)17(3,4)5/h6-8,10H,1,9H2,2-5H3,(H,18,21). The quantitative estimate of drug-likeness (QED) is 0.877. The number of nitrogens with one attached hydrogen (secondary N) is 1. The van der Waals surface area contributed by atoms with Gasteiger partial charge in [0, 0.05) is 24.6 Å². The predicted molar refractivity (Wildman–Crippen MR) is 94.3 cm³/mol. The summed E-state index contributed by atoms with van der Waals surface area (Å²) in [4.78, 5) is 28.3. The highest BCUT2D eigenvalue weighted by Gasteiger charge is 2.21. The third-order valence-corrected chi connectivity index (χ3v) is 4.19. The van der Waals surface area contributed by atoms with Gasteiger partial charge in [0.15, 0.2) is 4.80 Å². The maximum atomic E-state index is 12.2. The summed E-state index contributed by atoms with van der Waals surface area (Å²) in [7, 11) is 0. The van der Waals surface area contributed by atoms with Gasteiger partial charge in [0.1, 0.15) is 0 Å². The Hall–Kier alpha value is -2.21. The zero-order valence-corrected chi connectivity index (χ0v) is 14.7. The summed E-state index contributed by atoms with van der Waals surface area (Å²) in [5.74, 6) is -0.281. The second kappa shape index (κ2) is 6.50. The molecule has 2 aromatic rings. The van der Waals surface area contributed by atoms with Crippen LogP contribution in [-0.4, -0.2) is 16.4 Å². The number of fused-ring (bicyclic) bond motifs is 1. The van der Waals surface area contributed by atoms with E-state index in [1.165, 1.54) is 18.3 Å². The van der Waals surface area contributed by atoms with Gasteiger partial charge in [-0.25, -0.2) is 0 Å². The molecule has 0 aliphatic carbocycles. The van der Waals surface area contributed by atoms with E-state index in [4.69, 9.17) is 0 Å². The van der Waals surface area contributed by atoms with Gasteiger partial charge >= 0.3 is 0 Å². The number of carbonyl (C=O) groups is 2. The fraction of sp³-hybridized carbons (Fsp3) is 0.353. The van der Waals surface area contributed by atoms with E-state index >= 15 is 0 Å². The second-order valence-corrected chi connectivity index (χ2v) is 7.32. The molecule has 1 aromatic heterocycles. The highest BCUT2D eigenvalue weighted by atomic mass is 32.1. The molecule has 2 amide bonds. The first-order valence-corrected chi connectivity index (χ1v) is 8.15. The van der Waals surface area contributed by atoms with E-state index in [0.29, 0.717) is 11.3 Å². The lowest BCUT2D eigenvalue weighted by atomic mass is 9.96. The summed E-state index contributed by atoms with van der Waals surface area (Å²) in [6.07, 6.45) is 1.77. The third kappa shape index (κ3) is 3.96. The van der Waals surface area contributed by atoms with Crippen LogP contribution in [0.5, 0.6) is 0 Å². The van der Waals surface area contributed by atoms with Gasteiger partial charge in [-0.1, -0.05) is 38.2 Å². The van der Waals surface area contributed by atoms with Gasteiger partial charge in [-0.05, 0) is 18.2 Å². The fourth-order valence-corrected chi connectivity index (χ4v) is 3.08. The molecule has 6 heteroatoms. The minimum Gasteiger partial charge on any atom is -0.326 e. The van der Waals surface area contributed by atoms with Crippen molar-refractivity contribution in [1.29, 1.82) is 0 Å². The summed E-state index contributed by atoms with van der Waals surface area (Å²) in [5, 5.41) is 2.76. The van der Waals surface area contributed by atoms with Crippen molar-refractivity contribution in [3.05, 3.63) is 35.7 Å². The van der Waals surface area contributed by atoms with Crippen molar-refractivity contribution in [3.63, 3.8) is 0 Å². The van der Waals surface area contributed by atoms with E-state index in [1.807, 2.05) is 43.5 Å². The number of carbonyl (C=O) groups excluding carboxylic acids is 2. The van der Waals surface area contributed by atoms with E-state index in [9.17, 15) is 9.59 Å². The number of hydrogen-bond acceptors (Lipinski definition) is 3. The zero-order chi connectivity index (χ0) is 17.2. The highest BCUT2D eigenvalue weighted by molar-refractivity contribution is 7.16. The van der Waals surface area contributed by atoms with E-state index in [1.54, 1.807) is 6.08 Å². The van der Waals surface area contributed by atoms with Crippen molar-refractivity contribution in [2.24, 2.45) is 10.4 Å². The molecule has 0 bridgehead atoms. The molecule has 1 N–H and O–H groups in total. The molecular weight excluding hydrogens is 310 g/mol. The van der Waals surface area contributed by atoms with Crippen LogP contribution in [0, 0.1) is 5.41 Å². The second-order valence-electron chi connectivity index (χ2n) is 6.31. The Balaban J connectivity index is 2.62. The van der Waals surface area contributed by atoms with E-state index in [2.05, 4.69) is 16.9 Å². The van der Waals surface area contributed by atoms with Gasteiger partial charge in [-0.2, -0.15) is 4.99 Å². The van der Waals surface area contributed by atoms with E-state index < -0.39 is 5.41 Å². The van der Waals surface area contributed by atoms with Crippen LogP contribution >= 0.6 is 11.3 Å². The number of thiazole rings is 1. The number of benzene rings is 1. The average Bonchev–Trinajstić information content (AvgIpc) is 2.75. The lowest BCUT2D eigenvalue weighted by Gasteiger charge is -2.11. The first kappa shape index (κ1) is 17.1. The molecule has 0 atom stereocenters. The minimum atomic E-state index is -0.524. The summed E-state index contributed by atoms with van der Waals surface area (Å²) in [6.45, 7) is 11.3. The first-order valence-electron chi connectivity index (χ1n) is 7.33. The zero-order valence-electron chi connectivity index (χ0n) is 13.8. The maximum absolute atomic E-state index is 12.2. The van der Waals surface area contributed by atoms with Crippen molar-refractivity contribution in [3.8, 4) is 0 Å². The lowest BCUT2D eigenvalue weighted by Crippen LogP contribution is -2.23. The summed E-state index contributed by atoms with van der Waals surface area (Å²) in [5.41, 5.74) is 1.17. The Morgan fingerprint density at radius 2 is 2.09 bits per heavy atom. The molecule has 0 spiro atoms. The van der Waals surface area contributed by atoms with Crippen molar-refractivity contribution in [1.82, 2.24) is 4.57 Å².